The molecule has 0 fully saturated rings. The van der Waals surface area contributed by atoms with Gasteiger partial charge in [0.15, 0.2) is 23.0 Å². The van der Waals surface area contributed by atoms with Crippen molar-refractivity contribution in [2.24, 2.45) is 0 Å². The van der Waals surface area contributed by atoms with Gasteiger partial charge in [0.05, 0.1) is 16.5 Å². The largest absolute Gasteiger partial charge is 0.493 e. The van der Waals surface area contributed by atoms with Crippen LogP contribution in [-0.4, -0.2) is 38.3 Å². The summed E-state index contributed by atoms with van der Waals surface area (Å²) in [6.07, 6.45) is 0. The summed E-state index contributed by atoms with van der Waals surface area (Å²) in [5, 5.41) is 17.3. The van der Waals surface area contributed by atoms with Crippen molar-refractivity contribution in [1.29, 1.82) is 0 Å². The molecule has 35 heavy (non-hydrogen) atoms. The highest BCUT2D eigenvalue weighted by atomic mass is 79.9. The molecule has 3 aromatic carbocycles. The number of rotatable bonds is 11. The van der Waals surface area contributed by atoms with Gasteiger partial charge in [0.1, 0.15) is 19.8 Å². The molecule has 10 heteroatoms. The second kappa shape index (κ2) is 11.8. The molecule has 4 rings (SSSR count). The van der Waals surface area contributed by atoms with Gasteiger partial charge in [-0.2, -0.15) is 0 Å². The third-order valence-corrected chi connectivity index (χ3v) is 5.91. The predicted octanol–water partition coefficient (Wildman–Crippen LogP) is 4.92. The molecule has 3 aromatic rings. The molecular formula is C25H26BrN3O6. The number of methoxy groups -OCH3 is 1. The summed E-state index contributed by atoms with van der Waals surface area (Å²) in [6, 6.07) is 16.1. The van der Waals surface area contributed by atoms with E-state index in [2.05, 4.69) is 26.6 Å². The van der Waals surface area contributed by atoms with Gasteiger partial charge in [0, 0.05) is 37.5 Å². The summed E-state index contributed by atoms with van der Waals surface area (Å²) in [5.41, 5.74) is 2.92. The Hall–Kier alpha value is -3.50. The lowest BCUT2D eigenvalue weighted by atomic mass is 10.2. The van der Waals surface area contributed by atoms with Crippen molar-refractivity contribution in [2.75, 3.05) is 38.7 Å². The number of halogens is 1. The molecule has 1 aliphatic heterocycles. The van der Waals surface area contributed by atoms with E-state index in [9.17, 15) is 10.1 Å². The maximum absolute atomic E-state index is 10.7. The molecule has 0 spiro atoms. The lowest BCUT2D eigenvalue weighted by molar-refractivity contribution is -0.384. The molecular weight excluding hydrogens is 518 g/mol. The normalized spacial score (nSPS) is 12.2. The number of nitrogens with one attached hydrogen (secondary N) is 2. The number of fused-ring (bicyclic) bond motifs is 1. The zero-order valence-electron chi connectivity index (χ0n) is 19.2. The Bertz CT molecular complexity index is 1170. The third-order valence-electron chi connectivity index (χ3n) is 5.32. The predicted molar refractivity (Wildman–Crippen MR) is 136 cm³/mol. The van der Waals surface area contributed by atoms with Crippen LogP contribution in [0.1, 0.15) is 11.1 Å². The molecule has 0 bridgehead atoms. The Balaban J connectivity index is 1.28. The van der Waals surface area contributed by atoms with Gasteiger partial charge in [0.2, 0.25) is 0 Å². The topological polar surface area (TPSA) is 104 Å². The van der Waals surface area contributed by atoms with Crippen molar-refractivity contribution in [3.05, 3.63) is 80.3 Å². The van der Waals surface area contributed by atoms with Crippen molar-refractivity contribution in [3.8, 4) is 23.0 Å². The lowest BCUT2D eigenvalue weighted by Crippen LogP contribution is -2.21. The van der Waals surface area contributed by atoms with Crippen LogP contribution in [0.4, 0.5) is 11.4 Å². The molecule has 0 saturated heterocycles. The van der Waals surface area contributed by atoms with Crippen molar-refractivity contribution < 1.29 is 23.9 Å². The Labute approximate surface area is 211 Å². The van der Waals surface area contributed by atoms with Gasteiger partial charge in [-0.3, -0.25) is 10.1 Å². The number of hydrogen-bond acceptors (Lipinski definition) is 8. The Morgan fingerprint density at radius 3 is 2.51 bits per heavy atom. The maximum atomic E-state index is 10.7. The summed E-state index contributed by atoms with van der Waals surface area (Å²) < 4.78 is 23.6. The molecule has 0 amide bonds. The smallest absolute Gasteiger partial charge is 0.269 e. The van der Waals surface area contributed by atoms with Crippen LogP contribution in [0.25, 0.3) is 0 Å². The van der Waals surface area contributed by atoms with E-state index in [4.69, 9.17) is 18.9 Å². The van der Waals surface area contributed by atoms with Gasteiger partial charge in [-0.05, 0) is 63.5 Å². The van der Waals surface area contributed by atoms with Crippen LogP contribution in [0.3, 0.4) is 0 Å². The van der Waals surface area contributed by atoms with Gasteiger partial charge in [0.25, 0.3) is 5.69 Å². The van der Waals surface area contributed by atoms with Crippen LogP contribution in [0.2, 0.25) is 0 Å². The minimum Gasteiger partial charge on any atom is -0.493 e. The molecule has 1 heterocycles. The number of non-ortho nitro benzene ring substituents is 1. The van der Waals surface area contributed by atoms with E-state index < -0.39 is 4.92 Å². The van der Waals surface area contributed by atoms with Gasteiger partial charge in [-0.1, -0.05) is 6.07 Å². The fourth-order valence-corrected chi connectivity index (χ4v) is 4.18. The van der Waals surface area contributed by atoms with Crippen molar-refractivity contribution in [2.45, 2.75) is 13.2 Å². The first-order valence-electron chi connectivity index (χ1n) is 11.1. The van der Waals surface area contributed by atoms with E-state index in [1.165, 1.54) is 12.1 Å². The van der Waals surface area contributed by atoms with Gasteiger partial charge < -0.3 is 29.6 Å². The van der Waals surface area contributed by atoms with Gasteiger partial charge in [-0.25, -0.2) is 0 Å². The molecule has 9 nitrogen and oxygen atoms in total. The van der Waals surface area contributed by atoms with E-state index in [0.717, 1.165) is 32.8 Å². The SMILES string of the molecule is COc1cc(CNCCNc2ccc([N+](=O)[O-])cc2)cc(Br)c1OCc1ccc2c(c1)OCCO2. The number of nitro groups is 1. The molecule has 0 saturated carbocycles. The van der Waals surface area contributed by atoms with Crippen LogP contribution >= 0.6 is 15.9 Å². The van der Waals surface area contributed by atoms with Crippen molar-refractivity contribution in [3.63, 3.8) is 0 Å². The van der Waals surface area contributed by atoms with Crippen molar-refractivity contribution >= 4 is 27.3 Å². The van der Waals surface area contributed by atoms with Crippen LogP contribution in [0, 0.1) is 10.1 Å². The van der Waals surface area contributed by atoms with E-state index in [1.807, 2.05) is 30.3 Å². The van der Waals surface area contributed by atoms with Crippen LogP contribution < -0.4 is 29.6 Å². The second-order valence-corrected chi connectivity index (χ2v) is 8.64. The number of benzene rings is 3. The minimum absolute atomic E-state index is 0.0759. The Morgan fingerprint density at radius 1 is 1.00 bits per heavy atom. The highest BCUT2D eigenvalue weighted by Gasteiger charge is 2.15. The van der Waals surface area contributed by atoms with E-state index >= 15 is 0 Å². The number of nitrogens with zero attached hydrogens (tertiary/aromatic N) is 1. The molecule has 1 aliphatic rings. The minimum atomic E-state index is -0.410. The van der Waals surface area contributed by atoms with Gasteiger partial charge in [-0.15, -0.1) is 0 Å². The average Bonchev–Trinajstić information content (AvgIpc) is 2.87. The quantitative estimate of drug-likeness (QED) is 0.199. The summed E-state index contributed by atoms with van der Waals surface area (Å²) in [5.74, 6) is 2.75. The molecule has 0 aromatic heterocycles. The van der Waals surface area contributed by atoms with Crippen LogP contribution in [0.15, 0.2) is 59.1 Å². The first-order valence-corrected chi connectivity index (χ1v) is 11.9. The monoisotopic (exact) mass is 543 g/mol. The van der Waals surface area contributed by atoms with E-state index in [1.54, 1.807) is 19.2 Å². The number of nitro benzene ring substituents is 1. The third kappa shape index (κ3) is 6.55. The van der Waals surface area contributed by atoms with E-state index in [0.29, 0.717) is 51.0 Å². The van der Waals surface area contributed by atoms with Crippen LogP contribution in [-0.2, 0) is 13.2 Å². The molecule has 2 N–H and O–H groups in total. The molecule has 184 valence electrons. The summed E-state index contributed by atoms with van der Waals surface area (Å²) >= 11 is 3.60. The van der Waals surface area contributed by atoms with Crippen LogP contribution in [0.5, 0.6) is 23.0 Å². The molecule has 0 atom stereocenters. The number of ether oxygens (including phenoxy) is 4. The summed E-state index contributed by atoms with van der Waals surface area (Å²) in [6.45, 7) is 3.48. The average molecular weight is 544 g/mol. The standard InChI is InChI=1S/C25H26BrN3O6/c1-32-24-14-18(15-27-8-9-28-19-3-5-20(6-4-19)29(30)31)12-21(26)25(24)35-16-17-2-7-22-23(13-17)34-11-10-33-22/h2-7,12-14,27-28H,8-11,15-16H2,1H3. The Kier molecular flexibility index (Phi) is 8.27. The fourth-order valence-electron chi connectivity index (χ4n) is 3.58. The summed E-state index contributed by atoms with van der Waals surface area (Å²) in [4.78, 5) is 10.3. The highest BCUT2D eigenvalue weighted by molar-refractivity contribution is 9.10. The fraction of sp³-hybridized carbons (Fsp3) is 0.280. The first kappa shape index (κ1) is 24.6. The first-order chi connectivity index (χ1) is 17.0. The molecule has 0 aliphatic carbocycles. The number of anilines is 1. The van der Waals surface area contributed by atoms with Gasteiger partial charge >= 0.3 is 0 Å². The zero-order chi connectivity index (χ0) is 24.6. The second-order valence-electron chi connectivity index (χ2n) is 7.78. The molecule has 0 radical (unpaired) electrons. The lowest BCUT2D eigenvalue weighted by Gasteiger charge is -2.19. The highest BCUT2D eigenvalue weighted by Crippen LogP contribution is 2.38. The van der Waals surface area contributed by atoms with Crippen molar-refractivity contribution in [1.82, 2.24) is 5.32 Å². The zero-order valence-corrected chi connectivity index (χ0v) is 20.8. The van der Waals surface area contributed by atoms with E-state index in [-0.39, 0.29) is 5.69 Å². The summed E-state index contributed by atoms with van der Waals surface area (Å²) in [7, 11) is 1.62. The number of hydrogen-bond donors (Lipinski definition) is 2. The molecule has 0 unspecified atom stereocenters. The maximum Gasteiger partial charge on any atom is 0.269 e. The Morgan fingerprint density at radius 2 is 1.77 bits per heavy atom.